The molecule has 0 saturated carbocycles. The van der Waals surface area contributed by atoms with Crippen LogP contribution in [0.25, 0.3) is 0 Å². The van der Waals surface area contributed by atoms with E-state index in [1.54, 1.807) is 23.0 Å². The van der Waals surface area contributed by atoms with Crippen LogP contribution in [0.5, 0.6) is 0 Å². The number of hydrogen-bond donors (Lipinski definition) is 1. The zero-order valence-corrected chi connectivity index (χ0v) is 10.9. The summed E-state index contributed by atoms with van der Waals surface area (Å²) in [6.45, 7) is 1.84. The van der Waals surface area contributed by atoms with E-state index in [1.165, 1.54) is 17.4 Å². The van der Waals surface area contributed by atoms with Crippen LogP contribution in [0.15, 0.2) is 29.1 Å². The first kappa shape index (κ1) is 13.2. The van der Waals surface area contributed by atoms with E-state index in [-0.39, 0.29) is 11.6 Å². The van der Waals surface area contributed by atoms with Gasteiger partial charge in [0.2, 0.25) is 0 Å². The van der Waals surface area contributed by atoms with E-state index in [4.69, 9.17) is 0 Å². The number of nitrogens with zero attached hydrogens (tertiary/aromatic N) is 2. The Morgan fingerprint density at radius 1 is 1.53 bits per heavy atom. The molecule has 1 heterocycles. The molecule has 0 spiro atoms. The second-order valence-corrected chi connectivity index (χ2v) is 4.50. The van der Waals surface area contributed by atoms with Crippen molar-refractivity contribution in [3.8, 4) is 0 Å². The summed E-state index contributed by atoms with van der Waals surface area (Å²) in [7, 11) is 0. The number of aromatic nitrogens is 1. The SMILES string of the molecule is CCc1ccc(NC(=O)c2cscn2)cc1[N+](=O)[O-]. The van der Waals surface area contributed by atoms with Gasteiger partial charge in [0.15, 0.2) is 0 Å². The highest BCUT2D eigenvalue weighted by Crippen LogP contribution is 2.24. The van der Waals surface area contributed by atoms with Crippen LogP contribution in [0.4, 0.5) is 11.4 Å². The number of rotatable bonds is 4. The fraction of sp³-hybridized carbons (Fsp3) is 0.167. The van der Waals surface area contributed by atoms with Crippen molar-refractivity contribution in [2.75, 3.05) is 5.32 Å². The van der Waals surface area contributed by atoms with E-state index < -0.39 is 4.92 Å². The number of nitrogens with one attached hydrogen (secondary N) is 1. The molecule has 0 aliphatic heterocycles. The van der Waals surface area contributed by atoms with Gasteiger partial charge in [-0.2, -0.15) is 0 Å². The Morgan fingerprint density at radius 3 is 2.89 bits per heavy atom. The number of nitro groups is 1. The average Bonchev–Trinajstić information content (AvgIpc) is 2.92. The minimum atomic E-state index is -0.447. The van der Waals surface area contributed by atoms with Crippen LogP contribution in [0, 0.1) is 10.1 Å². The van der Waals surface area contributed by atoms with Crippen molar-refractivity contribution < 1.29 is 9.72 Å². The van der Waals surface area contributed by atoms with E-state index in [1.807, 2.05) is 6.92 Å². The van der Waals surface area contributed by atoms with Gasteiger partial charge in [-0.1, -0.05) is 13.0 Å². The van der Waals surface area contributed by atoms with Crippen molar-refractivity contribution in [2.45, 2.75) is 13.3 Å². The van der Waals surface area contributed by atoms with Gasteiger partial charge in [-0.05, 0) is 12.5 Å². The summed E-state index contributed by atoms with van der Waals surface area (Å²) in [5.74, 6) is -0.375. The van der Waals surface area contributed by atoms with Gasteiger partial charge in [0.05, 0.1) is 10.4 Å². The average molecular weight is 277 g/mol. The fourth-order valence-electron chi connectivity index (χ4n) is 1.63. The highest BCUT2D eigenvalue weighted by molar-refractivity contribution is 7.07. The number of nitro benzene ring substituents is 1. The van der Waals surface area contributed by atoms with Crippen molar-refractivity contribution in [3.63, 3.8) is 0 Å². The van der Waals surface area contributed by atoms with Crippen LogP contribution in [-0.4, -0.2) is 15.8 Å². The maximum atomic E-state index is 11.8. The Morgan fingerprint density at radius 2 is 2.32 bits per heavy atom. The van der Waals surface area contributed by atoms with Gasteiger partial charge in [-0.15, -0.1) is 11.3 Å². The molecule has 1 N–H and O–H groups in total. The lowest BCUT2D eigenvalue weighted by atomic mass is 10.1. The summed E-state index contributed by atoms with van der Waals surface area (Å²) in [5, 5.41) is 15.1. The Hall–Kier alpha value is -2.28. The second kappa shape index (κ2) is 5.57. The lowest BCUT2D eigenvalue weighted by Gasteiger charge is -2.05. The Bertz CT molecular complexity index is 611. The summed E-state index contributed by atoms with van der Waals surface area (Å²) in [6.07, 6.45) is 0.566. The normalized spacial score (nSPS) is 10.2. The first-order chi connectivity index (χ1) is 9.11. The van der Waals surface area contributed by atoms with Gasteiger partial charge in [0.1, 0.15) is 5.69 Å². The molecule has 0 fully saturated rings. The van der Waals surface area contributed by atoms with E-state index >= 15 is 0 Å². The van der Waals surface area contributed by atoms with Crippen LogP contribution in [0.3, 0.4) is 0 Å². The Kier molecular flexibility index (Phi) is 3.86. The largest absolute Gasteiger partial charge is 0.320 e. The molecule has 0 aliphatic rings. The smallest absolute Gasteiger partial charge is 0.275 e. The zero-order chi connectivity index (χ0) is 13.8. The Labute approximate surface area is 113 Å². The molecule has 98 valence electrons. The van der Waals surface area contributed by atoms with E-state index in [2.05, 4.69) is 10.3 Å². The van der Waals surface area contributed by atoms with E-state index in [9.17, 15) is 14.9 Å². The molecule has 0 radical (unpaired) electrons. The third-order valence-electron chi connectivity index (χ3n) is 2.59. The first-order valence-electron chi connectivity index (χ1n) is 5.58. The minimum absolute atomic E-state index is 0.0126. The van der Waals surface area contributed by atoms with E-state index in [0.717, 1.165) is 0 Å². The molecule has 0 aliphatic carbocycles. The number of anilines is 1. The number of carbonyl (C=O) groups excluding carboxylic acids is 1. The molecule has 0 atom stereocenters. The molecular formula is C12H11N3O3S. The third kappa shape index (κ3) is 2.94. The molecule has 0 saturated heterocycles. The number of aryl methyl sites for hydroxylation is 1. The molecule has 1 aromatic carbocycles. The highest BCUT2D eigenvalue weighted by Gasteiger charge is 2.15. The number of benzene rings is 1. The van der Waals surface area contributed by atoms with Gasteiger partial charge in [-0.25, -0.2) is 4.98 Å². The van der Waals surface area contributed by atoms with Crippen molar-refractivity contribution in [2.24, 2.45) is 0 Å². The van der Waals surface area contributed by atoms with Gasteiger partial charge in [-0.3, -0.25) is 14.9 Å². The molecule has 0 bridgehead atoms. The summed E-state index contributed by atoms with van der Waals surface area (Å²) in [6, 6.07) is 4.66. The summed E-state index contributed by atoms with van der Waals surface area (Å²) in [5.41, 5.74) is 2.89. The molecule has 7 heteroatoms. The lowest BCUT2D eigenvalue weighted by Crippen LogP contribution is -2.12. The Balaban J connectivity index is 2.24. The predicted octanol–water partition coefficient (Wildman–Crippen LogP) is 2.87. The van der Waals surface area contributed by atoms with Crippen LogP contribution in [-0.2, 0) is 6.42 Å². The molecule has 1 aromatic heterocycles. The quantitative estimate of drug-likeness (QED) is 0.687. The fourth-order valence-corrected chi connectivity index (χ4v) is 2.16. The van der Waals surface area contributed by atoms with Crippen molar-refractivity contribution in [3.05, 3.63) is 50.5 Å². The monoisotopic (exact) mass is 277 g/mol. The molecule has 2 aromatic rings. The molecule has 0 unspecified atom stereocenters. The second-order valence-electron chi connectivity index (χ2n) is 3.78. The predicted molar refractivity (Wildman–Crippen MR) is 72.5 cm³/mol. The minimum Gasteiger partial charge on any atom is -0.320 e. The van der Waals surface area contributed by atoms with Crippen molar-refractivity contribution >= 4 is 28.6 Å². The maximum absolute atomic E-state index is 11.8. The topological polar surface area (TPSA) is 85.1 Å². The third-order valence-corrected chi connectivity index (χ3v) is 3.17. The zero-order valence-electron chi connectivity index (χ0n) is 10.1. The van der Waals surface area contributed by atoms with Gasteiger partial charge in [0, 0.05) is 22.7 Å². The van der Waals surface area contributed by atoms with Crippen LogP contribution < -0.4 is 5.32 Å². The van der Waals surface area contributed by atoms with Gasteiger partial charge < -0.3 is 5.32 Å². The standard InChI is InChI=1S/C12H11N3O3S/c1-2-8-3-4-9(5-11(8)15(17)18)14-12(16)10-6-19-7-13-10/h3-7H,2H2,1H3,(H,14,16). The number of thiazole rings is 1. The lowest BCUT2D eigenvalue weighted by molar-refractivity contribution is -0.385. The maximum Gasteiger partial charge on any atom is 0.275 e. The number of hydrogen-bond acceptors (Lipinski definition) is 5. The summed E-state index contributed by atoms with van der Waals surface area (Å²) >= 11 is 1.31. The van der Waals surface area contributed by atoms with Crippen LogP contribution in [0.1, 0.15) is 23.0 Å². The molecule has 2 rings (SSSR count). The van der Waals surface area contributed by atoms with Crippen LogP contribution >= 0.6 is 11.3 Å². The van der Waals surface area contributed by atoms with E-state index in [0.29, 0.717) is 23.4 Å². The van der Waals surface area contributed by atoms with Crippen LogP contribution in [0.2, 0.25) is 0 Å². The van der Waals surface area contributed by atoms with Gasteiger partial charge >= 0.3 is 0 Å². The molecule has 6 nitrogen and oxygen atoms in total. The van der Waals surface area contributed by atoms with Crippen molar-refractivity contribution in [1.82, 2.24) is 4.98 Å². The summed E-state index contributed by atoms with van der Waals surface area (Å²) in [4.78, 5) is 26.1. The molecule has 1 amide bonds. The van der Waals surface area contributed by atoms with Crippen molar-refractivity contribution in [1.29, 1.82) is 0 Å². The van der Waals surface area contributed by atoms with Gasteiger partial charge in [0.25, 0.3) is 11.6 Å². The summed E-state index contributed by atoms with van der Waals surface area (Å²) < 4.78 is 0. The highest BCUT2D eigenvalue weighted by atomic mass is 32.1. The number of amides is 1. The first-order valence-corrected chi connectivity index (χ1v) is 6.53. The molecular weight excluding hydrogens is 266 g/mol. The number of carbonyl (C=O) groups is 1. The molecule has 19 heavy (non-hydrogen) atoms.